The molecule has 140 valence electrons. The zero-order valence-corrected chi connectivity index (χ0v) is 15.7. The number of carbonyl (C=O) groups excluding carboxylic acids is 1. The lowest BCUT2D eigenvalue weighted by atomic mass is 10.2. The van der Waals surface area contributed by atoms with Crippen LogP contribution < -0.4 is 11.2 Å². The fourth-order valence-corrected chi connectivity index (χ4v) is 2.90. The van der Waals surface area contributed by atoms with Gasteiger partial charge in [0.25, 0.3) is 11.5 Å². The van der Waals surface area contributed by atoms with Crippen LogP contribution in [0.1, 0.15) is 29.9 Å². The molecule has 1 amide bonds. The molecule has 0 atom stereocenters. The van der Waals surface area contributed by atoms with Crippen molar-refractivity contribution in [1.29, 1.82) is 0 Å². The second-order valence-electron chi connectivity index (χ2n) is 6.66. The number of fused-ring (bicyclic) bond motifs is 1. The van der Waals surface area contributed by atoms with Crippen molar-refractivity contribution in [3.8, 4) is 0 Å². The normalized spacial score (nSPS) is 11.1. The van der Waals surface area contributed by atoms with Gasteiger partial charge in [0, 0.05) is 39.1 Å². The molecule has 0 saturated heterocycles. The topological polar surface area (TPSA) is 90.1 Å². The van der Waals surface area contributed by atoms with E-state index in [1.165, 1.54) is 24.7 Å². The molecule has 0 aliphatic carbocycles. The van der Waals surface area contributed by atoms with E-state index in [4.69, 9.17) is 0 Å². The number of aryl methyl sites for hydroxylation is 1. The van der Waals surface area contributed by atoms with Crippen LogP contribution in [0.25, 0.3) is 11.0 Å². The Bertz CT molecular complexity index is 1120. The monoisotopic (exact) mass is 367 g/mol. The first-order valence-corrected chi connectivity index (χ1v) is 8.58. The molecule has 0 saturated carbocycles. The molecule has 0 radical (unpaired) electrons. The Morgan fingerprint density at radius 2 is 1.89 bits per heavy atom. The van der Waals surface area contributed by atoms with Gasteiger partial charge in [0.1, 0.15) is 11.3 Å². The Morgan fingerprint density at radius 3 is 2.52 bits per heavy atom. The highest BCUT2D eigenvalue weighted by Crippen LogP contribution is 2.14. The maximum atomic E-state index is 13.1. The molecule has 0 fully saturated rings. The third-order valence-electron chi connectivity index (χ3n) is 4.48. The molecule has 0 aliphatic rings. The third-order valence-corrected chi connectivity index (χ3v) is 4.48. The number of hydrogen-bond acceptors (Lipinski definition) is 5. The molecule has 27 heavy (non-hydrogen) atoms. The predicted molar refractivity (Wildman–Crippen MR) is 101 cm³/mol. The number of nitrogens with zero attached hydrogens (tertiary/aromatic N) is 5. The molecule has 0 aromatic carbocycles. The second-order valence-corrected chi connectivity index (χ2v) is 6.66. The first-order valence-electron chi connectivity index (χ1n) is 8.58. The number of carbonyl (C=O) groups is 1. The molecule has 3 aromatic rings. The van der Waals surface area contributed by atoms with Gasteiger partial charge in [0.2, 0.25) is 0 Å². The summed E-state index contributed by atoms with van der Waals surface area (Å²) in [5.74, 6) is -0.274. The van der Waals surface area contributed by atoms with Crippen molar-refractivity contribution in [2.45, 2.75) is 26.4 Å². The van der Waals surface area contributed by atoms with E-state index >= 15 is 0 Å². The van der Waals surface area contributed by atoms with Crippen LogP contribution in [0.15, 0.2) is 46.2 Å². The van der Waals surface area contributed by atoms with Gasteiger partial charge in [-0.15, -0.1) is 0 Å². The summed E-state index contributed by atoms with van der Waals surface area (Å²) < 4.78 is 2.29. The van der Waals surface area contributed by atoms with Gasteiger partial charge >= 0.3 is 5.69 Å². The van der Waals surface area contributed by atoms with Crippen molar-refractivity contribution in [3.05, 3.63) is 68.8 Å². The van der Waals surface area contributed by atoms with E-state index < -0.39 is 11.2 Å². The van der Waals surface area contributed by atoms with Crippen LogP contribution in [0, 0.1) is 0 Å². The Morgan fingerprint density at radius 1 is 1.15 bits per heavy atom. The quantitative estimate of drug-likeness (QED) is 0.688. The fourth-order valence-electron chi connectivity index (χ4n) is 2.90. The summed E-state index contributed by atoms with van der Waals surface area (Å²) in [5.41, 5.74) is 0.361. The Hall–Kier alpha value is -3.29. The number of aromatic nitrogens is 4. The molecule has 0 unspecified atom stereocenters. The van der Waals surface area contributed by atoms with E-state index in [0.29, 0.717) is 11.9 Å². The van der Waals surface area contributed by atoms with Gasteiger partial charge in [0.05, 0.1) is 5.39 Å². The molecular weight excluding hydrogens is 346 g/mol. The summed E-state index contributed by atoms with van der Waals surface area (Å²) in [6.45, 7) is 4.22. The second kappa shape index (κ2) is 7.14. The minimum Gasteiger partial charge on any atom is -0.330 e. The molecule has 0 aliphatic heterocycles. The van der Waals surface area contributed by atoms with Crippen molar-refractivity contribution in [2.75, 3.05) is 0 Å². The van der Waals surface area contributed by atoms with Crippen molar-refractivity contribution in [1.82, 2.24) is 24.0 Å². The van der Waals surface area contributed by atoms with Gasteiger partial charge in [0.15, 0.2) is 0 Å². The SMILES string of the molecule is CC(C)N(Cc1cccnc1)C(=O)c1ccc2c(=O)n(C)c(=O)n(C)c2n1. The Balaban J connectivity index is 2.06. The number of hydrogen-bond donors (Lipinski definition) is 0. The van der Waals surface area contributed by atoms with Gasteiger partial charge in [-0.05, 0) is 37.6 Å². The summed E-state index contributed by atoms with van der Waals surface area (Å²) in [7, 11) is 2.94. The Labute approximate surface area is 155 Å². The minimum absolute atomic E-state index is 0.0670. The average molecular weight is 367 g/mol. The Kier molecular flexibility index (Phi) is 4.89. The van der Waals surface area contributed by atoms with Crippen molar-refractivity contribution in [3.63, 3.8) is 0 Å². The summed E-state index contributed by atoms with van der Waals surface area (Å²) in [6, 6.07) is 6.71. The van der Waals surface area contributed by atoms with E-state index in [0.717, 1.165) is 10.1 Å². The molecule has 8 heteroatoms. The first-order chi connectivity index (χ1) is 12.8. The van der Waals surface area contributed by atoms with Crippen LogP contribution in [0.2, 0.25) is 0 Å². The minimum atomic E-state index is -0.485. The van der Waals surface area contributed by atoms with E-state index in [9.17, 15) is 14.4 Å². The van der Waals surface area contributed by atoms with E-state index in [-0.39, 0.29) is 23.3 Å². The number of amides is 1. The fraction of sp³-hybridized carbons (Fsp3) is 0.316. The van der Waals surface area contributed by atoms with Gasteiger partial charge in [-0.25, -0.2) is 9.78 Å². The van der Waals surface area contributed by atoms with Crippen LogP contribution in [-0.4, -0.2) is 36.0 Å². The molecule has 3 heterocycles. The van der Waals surface area contributed by atoms with Gasteiger partial charge in [-0.2, -0.15) is 0 Å². The van der Waals surface area contributed by atoms with E-state index in [1.807, 2.05) is 26.0 Å². The highest BCUT2D eigenvalue weighted by molar-refractivity contribution is 5.94. The van der Waals surface area contributed by atoms with E-state index in [2.05, 4.69) is 9.97 Å². The van der Waals surface area contributed by atoms with Crippen LogP contribution >= 0.6 is 0 Å². The summed E-state index contributed by atoms with van der Waals surface area (Å²) in [5, 5.41) is 0.291. The largest absolute Gasteiger partial charge is 0.332 e. The van der Waals surface area contributed by atoms with Crippen LogP contribution in [0.4, 0.5) is 0 Å². The van der Waals surface area contributed by atoms with Crippen LogP contribution in [0.3, 0.4) is 0 Å². The first kappa shape index (κ1) is 18.5. The molecule has 0 N–H and O–H groups in total. The van der Waals surface area contributed by atoms with Gasteiger partial charge in [-0.1, -0.05) is 6.07 Å². The summed E-state index contributed by atoms with van der Waals surface area (Å²) in [4.78, 5) is 47.6. The maximum Gasteiger partial charge on any atom is 0.332 e. The molecule has 0 spiro atoms. The van der Waals surface area contributed by atoms with Crippen molar-refractivity contribution >= 4 is 16.9 Å². The molecule has 3 aromatic heterocycles. The van der Waals surface area contributed by atoms with Crippen molar-refractivity contribution < 1.29 is 4.79 Å². The van der Waals surface area contributed by atoms with Gasteiger partial charge in [-0.3, -0.25) is 23.7 Å². The summed E-state index contributed by atoms with van der Waals surface area (Å²) >= 11 is 0. The molecule has 0 bridgehead atoms. The zero-order valence-electron chi connectivity index (χ0n) is 15.7. The molecule has 3 rings (SSSR count). The lowest BCUT2D eigenvalue weighted by Gasteiger charge is -2.26. The molecular formula is C19H21N5O3. The number of rotatable bonds is 4. The number of pyridine rings is 2. The average Bonchev–Trinajstić information content (AvgIpc) is 2.68. The van der Waals surface area contributed by atoms with Crippen molar-refractivity contribution in [2.24, 2.45) is 14.1 Å². The van der Waals surface area contributed by atoms with Crippen LogP contribution in [-0.2, 0) is 20.6 Å². The maximum absolute atomic E-state index is 13.1. The lowest BCUT2D eigenvalue weighted by Crippen LogP contribution is -2.39. The zero-order chi connectivity index (χ0) is 19.7. The third kappa shape index (κ3) is 3.38. The van der Waals surface area contributed by atoms with Crippen LogP contribution in [0.5, 0.6) is 0 Å². The molecule has 8 nitrogen and oxygen atoms in total. The predicted octanol–water partition coefficient (Wildman–Crippen LogP) is 1.08. The summed E-state index contributed by atoms with van der Waals surface area (Å²) in [6.07, 6.45) is 3.39. The highest BCUT2D eigenvalue weighted by Gasteiger charge is 2.22. The highest BCUT2D eigenvalue weighted by atomic mass is 16.2. The lowest BCUT2D eigenvalue weighted by molar-refractivity contribution is 0.0684. The standard InChI is InChI=1S/C19H21N5O3/c1-12(2)24(11-13-6-5-9-20-10-13)18(26)15-8-7-14-16(21-15)22(3)19(27)23(4)17(14)25/h5-10,12H,11H2,1-4H3. The smallest absolute Gasteiger partial charge is 0.330 e. The van der Waals surface area contributed by atoms with E-state index in [1.54, 1.807) is 23.4 Å². The van der Waals surface area contributed by atoms with Gasteiger partial charge < -0.3 is 4.90 Å².